The summed E-state index contributed by atoms with van der Waals surface area (Å²) < 4.78 is 0. The van der Waals surface area contributed by atoms with Gasteiger partial charge in [0.05, 0.1) is 0 Å². The number of carbonyl (C=O) groups excluding carboxylic acids is 1. The molecular weight excluding hydrogens is 101 g/mol. The molecule has 44 valence electrons. The first kappa shape index (κ1) is 5.67. The molecule has 0 saturated heterocycles. The van der Waals surface area contributed by atoms with Gasteiger partial charge in [0.25, 0.3) is 0 Å². The van der Waals surface area contributed by atoms with Crippen LogP contribution >= 0.6 is 0 Å². The molecule has 0 heterocycles. The predicted molar refractivity (Wildman–Crippen MR) is 34.5 cm³/mol. The van der Waals surface area contributed by atoms with Gasteiger partial charge >= 0.3 is 0 Å². The highest BCUT2D eigenvalue weighted by Gasteiger charge is 2.37. The topological polar surface area (TPSA) is 29.1 Å². The van der Waals surface area contributed by atoms with E-state index >= 15 is 0 Å². The van der Waals surface area contributed by atoms with Crippen LogP contribution in [-0.4, -0.2) is 20.8 Å². The molecule has 0 spiro atoms. The number of hydrogen-bond acceptors (Lipinski definition) is 1. The van der Waals surface area contributed by atoms with Crippen LogP contribution < -0.4 is 5.32 Å². The Balaban J connectivity index is 2.28. The predicted octanol–water partition coefficient (Wildman–Crippen LogP) is -0.826. The van der Waals surface area contributed by atoms with Crippen LogP contribution in [0.1, 0.15) is 6.42 Å². The molecule has 0 bridgehead atoms. The van der Waals surface area contributed by atoms with Crippen molar-refractivity contribution in [1.82, 2.24) is 5.32 Å². The van der Waals surface area contributed by atoms with Gasteiger partial charge in [-0.05, 0) is 6.42 Å². The molecule has 0 aliphatic heterocycles. The van der Waals surface area contributed by atoms with Gasteiger partial charge < -0.3 is 5.32 Å². The van der Waals surface area contributed by atoms with E-state index in [2.05, 4.69) is 13.2 Å². The third kappa shape index (κ3) is 0.856. The summed E-state index contributed by atoms with van der Waals surface area (Å²) in [7, 11) is 3.78. The van der Waals surface area contributed by atoms with Crippen molar-refractivity contribution in [1.29, 1.82) is 0 Å². The fourth-order valence-corrected chi connectivity index (χ4v) is 0.873. The number of nitrogens with one attached hydrogen (secondary N) is 1. The summed E-state index contributed by atoms with van der Waals surface area (Å²) >= 11 is 0. The summed E-state index contributed by atoms with van der Waals surface area (Å²) in [6.45, 7) is 0. The number of amides is 1. The van der Waals surface area contributed by atoms with Gasteiger partial charge in [-0.15, -0.1) is 0 Å². The van der Waals surface area contributed by atoms with Gasteiger partial charge in [0.1, 0.15) is 7.85 Å². The van der Waals surface area contributed by atoms with Crippen LogP contribution in [0.5, 0.6) is 0 Å². The molecule has 1 aliphatic rings. The van der Waals surface area contributed by atoms with E-state index < -0.39 is 0 Å². The lowest BCUT2D eigenvalue weighted by atomic mass is 10.0. The summed E-state index contributed by atoms with van der Waals surface area (Å²) in [4.78, 5) is 10.7. The highest BCUT2D eigenvalue weighted by molar-refractivity contribution is 6.16. The van der Waals surface area contributed by atoms with Crippen LogP contribution in [0, 0.1) is 5.92 Å². The first-order chi connectivity index (χ1) is 3.75. The van der Waals surface area contributed by atoms with Crippen molar-refractivity contribution >= 4 is 13.8 Å². The van der Waals surface area contributed by atoms with E-state index in [0.29, 0.717) is 11.7 Å². The van der Waals surface area contributed by atoms with Gasteiger partial charge in [0, 0.05) is 13.0 Å². The van der Waals surface area contributed by atoms with Gasteiger partial charge in [0.15, 0.2) is 0 Å². The minimum absolute atomic E-state index is 0.206. The Labute approximate surface area is 50.1 Å². The minimum atomic E-state index is 0.206. The van der Waals surface area contributed by atoms with E-state index in [1.54, 1.807) is 7.05 Å². The molecule has 2 nitrogen and oxygen atoms in total. The van der Waals surface area contributed by atoms with E-state index in [0.717, 1.165) is 6.42 Å². The van der Waals surface area contributed by atoms with Gasteiger partial charge in [-0.3, -0.25) is 4.79 Å². The van der Waals surface area contributed by atoms with Crippen LogP contribution in [0.25, 0.3) is 0 Å². The van der Waals surface area contributed by atoms with Crippen LogP contribution in [0.2, 0.25) is 5.82 Å². The molecule has 2 atom stereocenters. The lowest BCUT2D eigenvalue weighted by molar-refractivity contribution is -0.121. The van der Waals surface area contributed by atoms with E-state index in [-0.39, 0.29) is 5.91 Å². The smallest absolute Gasteiger partial charge is 0.222 e. The van der Waals surface area contributed by atoms with E-state index in [4.69, 9.17) is 0 Å². The van der Waals surface area contributed by atoms with E-state index in [1.165, 1.54) is 0 Å². The van der Waals surface area contributed by atoms with Gasteiger partial charge in [-0.1, -0.05) is 5.82 Å². The highest BCUT2D eigenvalue weighted by Crippen LogP contribution is 2.41. The summed E-state index contributed by atoms with van der Waals surface area (Å²) in [5, 5.41) is 2.62. The SMILES string of the molecule is BC1CC1C(=O)NC. The van der Waals surface area contributed by atoms with Crippen molar-refractivity contribution in [2.45, 2.75) is 12.2 Å². The average Bonchev–Trinajstić information content (AvgIpc) is 2.45. The second-order valence-corrected chi connectivity index (χ2v) is 2.43. The molecule has 0 aromatic rings. The van der Waals surface area contributed by atoms with Gasteiger partial charge in [-0.25, -0.2) is 0 Å². The second kappa shape index (κ2) is 1.80. The van der Waals surface area contributed by atoms with Crippen LogP contribution in [0.3, 0.4) is 0 Å². The Morgan fingerprint density at radius 1 is 1.88 bits per heavy atom. The molecule has 1 aliphatic carbocycles. The maximum Gasteiger partial charge on any atom is 0.222 e. The lowest BCUT2D eigenvalue weighted by Gasteiger charge is -1.91. The van der Waals surface area contributed by atoms with Gasteiger partial charge in [0.2, 0.25) is 5.91 Å². The molecule has 1 fully saturated rings. The maximum atomic E-state index is 10.7. The third-order valence-electron chi connectivity index (χ3n) is 1.69. The standard InChI is InChI=1S/C5H10BNO/c1-7-5(8)3-2-4(3)6/h3-4H,2,6H2,1H3,(H,7,8). The van der Waals surface area contributed by atoms with Crippen molar-refractivity contribution < 1.29 is 4.79 Å². The Hall–Kier alpha value is -0.465. The van der Waals surface area contributed by atoms with E-state index in [9.17, 15) is 4.79 Å². The third-order valence-corrected chi connectivity index (χ3v) is 1.69. The van der Waals surface area contributed by atoms with Crippen molar-refractivity contribution in [2.24, 2.45) is 5.92 Å². The molecule has 1 rings (SSSR count). The zero-order valence-electron chi connectivity index (χ0n) is 5.27. The fraction of sp³-hybridized carbons (Fsp3) is 0.800. The molecule has 1 amide bonds. The Morgan fingerprint density at radius 3 is 2.50 bits per heavy atom. The highest BCUT2D eigenvalue weighted by atomic mass is 16.1. The summed E-state index contributed by atoms with van der Waals surface area (Å²) in [6, 6.07) is 0. The fourth-order valence-electron chi connectivity index (χ4n) is 0.873. The molecule has 1 saturated carbocycles. The average molecular weight is 111 g/mol. The number of rotatable bonds is 1. The Bertz CT molecular complexity index is 115. The molecule has 0 aromatic heterocycles. The minimum Gasteiger partial charge on any atom is -0.359 e. The molecule has 3 heteroatoms. The molecule has 0 radical (unpaired) electrons. The first-order valence-electron chi connectivity index (χ1n) is 2.97. The monoisotopic (exact) mass is 111 g/mol. The van der Waals surface area contributed by atoms with Crippen molar-refractivity contribution in [3.05, 3.63) is 0 Å². The summed E-state index contributed by atoms with van der Waals surface area (Å²) in [6.07, 6.45) is 1.08. The lowest BCUT2D eigenvalue weighted by Crippen LogP contribution is -2.19. The molecule has 0 aromatic carbocycles. The largest absolute Gasteiger partial charge is 0.359 e. The summed E-state index contributed by atoms with van der Waals surface area (Å²) in [5.74, 6) is 1.17. The molecule has 8 heavy (non-hydrogen) atoms. The Morgan fingerprint density at radius 2 is 2.38 bits per heavy atom. The zero-order chi connectivity index (χ0) is 6.15. The normalized spacial score (nSPS) is 34.1. The van der Waals surface area contributed by atoms with Gasteiger partial charge in [-0.2, -0.15) is 0 Å². The van der Waals surface area contributed by atoms with Crippen molar-refractivity contribution in [2.75, 3.05) is 7.05 Å². The first-order valence-corrected chi connectivity index (χ1v) is 2.97. The van der Waals surface area contributed by atoms with Crippen molar-refractivity contribution in [3.63, 3.8) is 0 Å². The Kier molecular flexibility index (Phi) is 1.28. The van der Waals surface area contributed by atoms with E-state index in [1.807, 2.05) is 0 Å². The zero-order valence-corrected chi connectivity index (χ0v) is 5.27. The number of hydrogen-bond donors (Lipinski definition) is 1. The molecular formula is C5H10BNO. The van der Waals surface area contributed by atoms with Crippen LogP contribution in [0.15, 0.2) is 0 Å². The molecule has 2 unspecified atom stereocenters. The summed E-state index contributed by atoms with van der Waals surface area (Å²) in [5.41, 5.74) is 0. The maximum absolute atomic E-state index is 10.7. The second-order valence-electron chi connectivity index (χ2n) is 2.43. The molecule has 1 N–H and O–H groups in total. The quantitative estimate of drug-likeness (QED) is 0.440. The van der Waals surface area contributed by atoms with Crippen LogP contribution in [0.4, 0.5) is 0 Å². The van der Waals surface area contributed by atoms with Crippen LogP contribution in [-0.2, 0) is 4.79 Å². The number of carbonyl (C=O) groups is 1. The van der Waals surface area contributed by atoms with Crippen molar-refractivity contribution in [3.8, 4) is 0 Å².